The van der Waals surface area contributed by atoms with Crippen molar-refractivity contribution in [1.29, 1.82) is 0 Å². The minimum absolute atomic E-state index is 0. The van der Waals surface area contributed by atoms with Crippen LogP contribution in [0.2, 0.25) is 0 Å². The van der Waals surface area contributed by atoms with Crippen LogP contribution in [0.4, 0.5) is 0 Å². The topological polar surface area (TPSA) is 259 Å². The molecule has 0 aliphatic carbocycles. The molecule has 0 aromatic rings. The van der Waals surface area contributed by atoms with Crippen LogP contribution in [0.3, 0.4) is 0 Å². The van der Waals surface area contributed by atoms with Crippen LogP contribution in [0.15, 0.2) is 0 Å². The second kappa shape index (κ2) is 92.6. The van der Waals surface area contributed by atoms with Gasteiger partial charge in [-0.25, -0.2) is 0 Å². The van der Waals surface area contributed by atoms with E-state index >= 15 is 0 Å². The molecule has 23 heteroatoms. The molecule has 2 aliphatic heterocycles. The van der Waals surface area contributed by atoms with Crippen molar-refractivity contribution >= 4 is 62.6 Å². The number of hydrogen-bond acceptors (Lipinski definition) is 20. The van der Waals surface area contributed by atoms with Crippen molar-refractivity contribution in [3.63, 3.8) is 0 Å². The van der Waals surface area contributed by atoms with Gasteiger partial charge in [0.1, 0.15) is 25.4 Å². The Morgan fingerprint density at radius 3 is 0.667 bits per heavy atom. The van der Waals surface area contributed by atoms with Gasteiger partial charge in [0.2, 0.25) is 0 Å². The third kappa shape index (κ3) is 85.9. The van der Waals surface area contributed by atoms with Crippen LogP contribution in [0.5, 0.6) is 0 Å². The maximum absolute atomic E-state index is 12.8. The van der Waals surface area contributed by atoms with Gasteiger partial charge in [-0.15, -0.1) is 0 Å². The van der Waals surface area contributed by atoms with Crippen LogP contribution in [0.1, 0.15) is 530 Å². The third-order valence-electron chi connectivity index (χ3n) is 23.8. The minimum atomic E-state index is -4.77. The number of rotatable bonds is 94. The molecule has 20 nitrogen and oxygen atoms in total. The average molecular weight is 1800 g/mol. The van der Waals surface area contributed by atoms with Crippen molar-refractivity contribution in [3.05, 3.63) is 0 Å². The van der Waals surface area contributed by atoms with Crippen molar-refractivity contribution in [1.82, 2.24) is 0 Å². The Bertz CT molecular complexity index is 2220. The summed E-state index contributed by atoms with van der Waals surface area (Å²) in [5, 5.41) is 0. The molecule has 0 N–H and O–H groups in total. The maximum atomic E-state index is 12.8. The van der Waals surface area contributed by atoms with E-state index in [0.29, 0.717) is 12.8 Å². The molecule has 724 valence electrons. The fourth-order valence-electron chi connectivity index (χ4n) is 15.9. The van der Waals surface area contributed by atoms with Crippen molar-refractivity contribution in [2.75, 3.05) is 52.9 Å². The zero-order valence-electron chi connectivity index (χ0n) is 80.6. The number of carbonyl (C=O) groups is 4. The van der Waals surface area contributed by atoms with E-state index in [1.165, 1.54) is 334 Å². The number of esters is 4. The van der Waals surface area contributed by atoms with Gasteiger partial charge in [-0.2, -0.15) is 0 Å². The SMILES string of the molecule is CCCCCCCCCCCCCCCC1OCC(COP(=O)([O-])OC[C@@H](COC(=O)CCCCCCCCCCCCC)OC(=O)CCCCCCCCCCCCC)O1.CCCCCCCCCCCCCCCC1OCC(COP(=O)([O-])OC[C@@H](COC(=O)CCCCCCCCCCCCC)OC(=O)CCCCCCCCCCCCC)O1.[Mg+2]. The molecule has 0 radical (unpaired) electrons. The maximum Gasteiger partial charge on any atom is 2.00 e. The van der Waals surface area contributed by atoms with E-state index in [0.717, 1.165) is 116 Å². The third-order valence-corrected chi connectivity index (χ3v) is 25.6. The summed E-state index contributed by atoms with van der Waals surface area (Å²) in [6.07, 6.45) is 83.9. The molecule has 123 heavy (non-hydrogen) atoms. The summed E-state index contributed by atoms with van der Waals surface area (Å²) < 4.78 is 91.5. The number of phosphoric ester groups is 2. The van der Waals surface area contributed by atoms with Gasteiger partial charge in [0, 0.05) is 25.7 Å². The predicted molar refractivity (Wildman–Crippen MR) is 501 cm³/mol. The van der Waals surface area contributed by atoms with Crippen molar-refractivity contribution in [2.45, 2.75) is 567 Å². The van der Waals surface area contributed by atoms with Crippen molar-refractivity contribution in [2.24, 2.45) is 0 Å². The molecular weight excluding hydrogens is 1610 g/mol. The zero-order chi connectivity index (χ0) is 88.7. The van der Waals surface area contributed by atoms with Crippen LogP contribution in [-0.4, -0.2) is 137 Å². The molecule has 0 spiro atoms. The van der Waals surface area contributed by atoms with Crippen LogP contribution in [0, 0.1) is 0 Å². The first-order valence-corrected chi connectivity index (χ1v) is 54.9. The largest absolute Gasteiger partial charge is 2.00 e. The summed E-state index contributed by atoms with van der Waals surface area (Å²) in [6.45, 7) is 11.9. The molecule has 0 aromatic heterocycles. The molecule has 2 heterocycles. The van der Waals surface area contributed by atoms with Gasteiger partial charge in [0.15, 0.2) is 24.8 Å². The molecule has 2 fully saturated rings. The smallest absolute Gasteiger partial charge is 0.756 e. The van der Waals surface area contributed by atoms with Gasteiger partial charge in [-0.05, 0) is 51.4 Å². The number of carbonyl (C=O) groups excluding carboxylic acids is 4. The van der Waals surface area contributed by atoms with Gasteiger partial charge >= 0.3 is 46.9 Å². The molecular formula is C100H192MgO20P2. The quantitative estimate of drug-likeness (QED) is 0.0180. The molecule has 2 saturated heterocycles. The van der Waals surface area contributed by atoms with Crippen LogP contribution >= 0.6 is 15.6 Å². The first-order chi connectivity index (χ1) is 59.6. The molecule has 2 rings (SSSR count). The van der Waals surface area contributed by atoms with Gasteiger partial charge in [0.25, 0.3) is 15.6 Å². The first-order valence-electron chi connectivity index (χ1n) is 52.0. The van der Waals surface area contributed by atoms with Gasteiger partial charge in [-0.1, -0.05) is 452 Å². The summed E-state index contributed by atoms with van der Waals surface area (Å²) in [7, 11) is -9.53. The van der Waals surface area contributed by atoms with E-state index < -0.39 is 77.2 Å². The van der Waals surface area contributed by atoms with E-state index in [1.807, 2.05) is 0 Å². The number of unbranched alkanes of at least 4 members (excludes halogenated alkanes) is 64. The Labute approximate surface area is 771 Å². The fourth-order valence-corrected chi connectivity index (χ4v) is 17.4. The molecule has 0 aromatic carbocycles. The molecule has 2 aliphatic rings. The van der Waals surface area contributed by atoms with E-state index in [1.54, 1.807) is 0 Å². The van der Waals surface area contributed by atoms with Crippen LogP contribution < -0.4 is 9.79 Å². The second-order valence-corrected chi connectivity index (χ2v) is 38.7. The van der Waals surface area contributed by atoms with Crippen LogP contribution in [-0.2, 0) is 84.3 Å². The van der Waals surface area contributed by atoms with Gasteiger partial charge in [0.05, 0.1) is 39.6 Å². The number of ether oxygens (including phenoxy) is 8. The normalized spacial score (nSPS) is 16.7. The van der Waals surface area contributed by atoms with Gasteiger partial charge < -0.3 is 65.8 Å². The van der Waals surface area contributed by atoms with Gasteiger partial charge in [-0.3, -0.25) is 28.3 Å². The van der Waals surface area contributed by atoms with Crippen molar-refractivity contribution in [3.8, 4) is 0 Å². The Hall–Kier alpha value is -1.29. The summed E-state index contributed by atoms with van der Waals surface area (Å²) in [5.74, 6) is -1.71. The minimum Gasteiger partial charge on any atom is -0.756 e. The van der Waals surface area contributed by atoms with E-state index in [2.05, 4.69) is 41.5 Å². The molecule has 0 bridgehead atoms. The Morgan fingerprint density at radius 1 is 0.268 bits per heavy atom. The number of hydrogen-bond donors (Lipinski definition) is 0. The number of phosphoric acid groups is 2. The Morgan fingerprint density at radius 2 is 0.455 bits per heavy atom. The summed E-state index contributed by atoms with van der Waals surface area (Å²) in [5.41, 5.74) is 0. The van der Waals surface area contributed by atoms with E-state index in [9.17, 15) is 38.1 Å². The fraction of sp³-hybridized carbons (Fsp3) is 0.960. The summed E-state index contributed by atoms with van der Waals surface area (Å²) in [4.78, 5) is 76.2. The monoisotopic (exact) mass is 1800 g/mol. The van der Waals surface area contributed by atoms with Crippen molar-refractivity contribution < 1.29 is 94.1 Å². The Balaban J connectivity index is 0.00000240. The Kier molecular flexibility index (Phi) is 91.6. The first kappa shape index (κ1) is 122. The molecule has 8 atom stereocenters. The average Bonchev–Trinajstić information content (AvgIpc) is 1.82. The standard InChI is InChI=1S/2C50H97O10P.Mg/c2*1-4-7-10-13-16-19-22-23-26-29-32-35-38-41-50-56-43-47(60-50)45-58-61(53,54)57-44-46(59-49(52)40-37-34-31-28-25-21-18-15-12-9-6-3)42-55-48(51)39-36-33-30-27-24-20-17-14-11-8-5-2;/h2*46-47,50H,4-45H2,1-3H3,(H,53,54);/q;;+2/p-2/t2*46-,47?,50?;/m11./s1. The predicted octanol–water partition coefficient (Wildman–Crippen LogP) is 28.8. The molecule has 6 unspecified atom stereocenters. The zero-order valence-corrected chi connectivity index (χ0v) is 83.8. The second-order valence-electron chi connectivity index (χ2n) is 35.9. The molecule has 0 amide bonds. The van der Waals surface area contributed by atoms with E-state index in [4.69, 9.17) is 56.0 Å². The summed E-state index contributed by atoms with van der Waals surface area (Å²) >= 11 is 0. The van der Waals surface area contributed by atoms with E-state index in [-0.39, 0.29) is 101 Å². The van der Waals surface area contributed by atoms with Crippen LogP contribution in [0.25, 0.3) is 0 Å². The summed E-state index contributed by atoms with van der Waals surface area (Å²) in [6, 6.07) is 0. The molecule has 0 saturated carbocycles.